The topological polar surface area (TPSA) is 102 Å². The van der Waals surface area contributed by atoms with Crippen molar-refractivity contribution in [3.8, 4) is 0 Å². The number of carbonyl (C=O) groups excluding carboxylic acids is 2. The Hall–Kier alpha value is -4.32. The van der Waals surface area contributed by atoms with Gasteiger partial charge in [-0.25, -0.2) is 4.98 Å². The summed E-state index contributed by atoms with van der Waals surface area (Å²) >= 11 is 3.31. The Morgan fingerprint density at radius 1 is 1.14 bits per heavy atom. The van der Waals surface area contributed by atoms with Crippen LogP contribution in [0.4, 0.5) is 18.9 Å². The van der Waals surface area contributed by atoms with Crippen LogP contribution in [0.25, 0.3) is 10.9 Å². The normalized spacial score (nSPS) is 15.0. The van der Waals surface area contributed by atoms with E-state index in [2.05, 4.69) is 41.6 Å². The molecular formula is C30H26BrF3N6O2. The number of nitrogens with one attached hydrogen (secondary N) is 2. The van der Waals surface area contributed by atoms with E-state index >= 15 is 0 Å². The molecule has 0 radical (unpaired) electrons. The summed E-state index contributed by atoms with van der Waals surface area (Å²) in [5.41, 5.74) is 2.05. The van der Waals surface area contributed by atoms with Gasteiger partial charge in [0.2, 0.25) is 5.91 Å². The molecule has 0 saturated heterocycles. The van der Waals surface area contributed by atoms with Gasteiger partial charge in [0.25, 0.3) is 5.91 Å². The van der Waals surface area contributed by atoms with Gasteiger partial charge in [-0.2, -0.15) is 18.3 Å². The zero-order valence-electron chi connectivity index (χ0n) is 22.7. The maximum absolute atomic E-state index is 13.5. The lowest BCUT2D eigenvalue weighted by Crippen LogP contribution is -2.30. The molecule has 0 saturated carbocycles. The first-order valence-electron chi connectivity index (χ1n) is 13.1. The Morgan fingerprint density at radius 2 is 1.95 bits per heavy atom. The van der Waals surface area contributed by atoms with Crippen LogP contribution in [0.3, 0.4) is 0 Å². The number of amides is 2. The maximum Gasteiger partial charge on any atom is 0.433 e. The molecule has 216 valence electrons. The minimum Gasteiger partial charge on any atom is -0.350 e. The molecule has 1 aliphatic rings. The Labute approximate surface area is 247 Å². The number of rotatable bonds is 7. The molecule has 12 heteroatoms. The molecular weight excluding hydrogens is 613 g/mol. The number of allylic oxidation sites excluding steroid dienone is 3. The number of aryl methyl sites for hydroxylation is 1. The zero-order valence-corrected chi connectivity index (χ0v) is 24.3. The third kappa shape index (κ3) is 6.43. The molecule has 1 aliphatic carbocycles. The first-order chi connectivity index (χ1) is 20.0. The first kappa shape index (κ1) is 29.2. The van der Waals surface area contributed by atoms with E-state index in [1.807, 2.05) is 36.4 Å². The molecule has 1 unspecified atom stereocenters. The standard InChI is InChI=1S/C30H26BrF3N6O2/c1-17-27(38-29(42)24-14-26(30(32,33)34)37-25-11-10-21(31)13-23(24)25)18(2)40(39-17)16-19-6-8-20(9-7-19)28(41)36-15-22-5-3-4-12-35-22/h3-8,10-14,20H,9,15-16H2,1-2H3,(H,36,41)(H,38,42). The second-order valence-corrected chi connectivity index (χ2v) is 10.8. The molecule has 1 atom stereocenters. The van der Waals surface area contributed by atoms with E-state index in [0.29, 0.717) is 41.1 Å². The van der Waals surface area contributed by atoms with Gasteiger partial charge in [-0.15, -0.1) is 0 Å². The van der Waals surface area contributed by atoms with E-state index in [4.69, 9.17) is 0 Å². The predicted molar refractivity (Wildman–Crippen MR) is 156 cm³/mol. The van der Waals surface area contributed by atoms with Crippen LogP contribution < -0.4 is 10.6 Å². The molecule has 0 fully saturated rings. The largest absolute Gasteiger partial charge is 0.433 e. The van der Waals surface area contributed by atoms with E-state index in [1.165, 1.54) is 6.07 Å². The van der Waals surface area contributed by atoms with Gasteiger partial charge < -0.3 is 10.6 Å². The Kier molecular flexibility index (Phi) is 8.26. The highest BCUT2D eigenvalue weighted by Gasteiger charge is 2.34. The fraction of sp³-hybridized carbons (Fsp3) is 0.233. The van der Waals surface area contributed by atoms with Crippen LogP contribution in [0.2, 0.25) is 0 Å². The van der Waals surface area contributed by atoms with Crippen molar-refractivity contribution >= 4 is 44.3 Å². The number of aromatic nitrogens is 4. The average molecular weight is 639 g/mol. The van der Waals surface area contributed by atoms with E-state index in [9.17, 15) is 22.8 Å². The van der Waals surface area contributed by atoms with Crippen LogP contribution in [-0.2, 0) is 24.1 Å². The zero-order chi connectivity index (χ0) is 30.0. The van der Waals surface area contributed by atoms with Crippen molar-refractivity contribution < 1.29 is 22.8 Å². The summed E-state index contributed by atoms with van der Waals surface area (Å²) < 4.78 is 43.0. The summed E-state index contributed by atoms with van der Waals surface area (Å²) in [5, 5.41) is 10.5. The van der Waals surface area contributed by atoms with Crippen molar-refractivity contribution in [1.29, 1.82) is 0 Å². The SMILES string of the molecule is Cc1nn(CC2=CCC(C(=O)NCc3ccccn3)C=C2)c(C)c1NC(=O)c1cc(C(F)(F)F)nc2ccc(Br)cc12. The second-order valence-electron chi connectivity index (χ2n) is 9.89. The highest BCUT2D eigenvalue weighted by molar-refractivity contribution is 9.10. The summed E-state index contributed by atoms with van der Waals surface area (Å²) in [5.74, 6) is -1.09. The van der Waals surface area contributed by atoms with Crippen molar-refractivity contribution in [3.63, 3.8) is 0 Å². The molecule has 0 aliphatic heterocycles. The third-order valence-electron chi connectivity index (χ3n) is 6.94. The van der Waals surface area contributed by atoms with Crippen LogP contribution in [0.5, 0.6) is 0 Å². The van der Waals surface area contributed by atoms with Gasteiger partial charge in [0.1, 0.15) is 5.69 Å². The number of fused-ring (bicyclic) bond motifs is 1. The number of hydrogen-bond acceptors (Lipinski definition) is 5. The third-order valence-corrected chi connectivity index (χ3v) is 7.43. The monoisotopic (exact) mass is 638 g/mol. The van der Waals surface area contributed by atoms with Gasteiger partial charge in [-0.3, -0.25) is 19.3 Å². The predicted octanol–water partition coefficient (Wildman–Crippen LogP) is 6.30. The lowest BCUT2D eigenvalue weighted by Gasteiger charge is -2.17. The van der Waals surface area contributed by atoms with Gasteiger partial charge in [0.05, 0.1) is 52.9 Å². The van der Waals surface area contributed by atoms with Gasteiger partial charge in [0.15, 0.2) is 0 Å². The van der Waals surface area contributed by atoms with Crippen LogP contribution in [0.15, 0.2) is 76.9 Å². The Balaban J connectivity index is 1.29. The molecule has 42 heavy (non-hydrogen) atoms. The summed E-state index contributed by atoms with van der Waals surface area (Å²) in [7, 11) is 0. The smallest absolute Gasteiger partial charge is 0.350 e. The quantitative estimate of drug-likeness (QED) is 0.248. The summed E-state index contributed by atoms with van der Waals surface area (Å²) in [6.07, 6.45) is 3.18. The highest BCUT2D eigenvalue weighted by Crippen LogP contribution is 2.33. The molecule has 3 aromatic heterocycles. The van der Waals surface area contributed by atoms with E-state index in [0.717, 1.165) is 17.3 Å². The molecule has 0 bridgehead atoms. The molecule has 2 N–H and O–H groups in total. The Morgan fingerprint density at radius 3 is 2.64 bits per heavy atom. The van der Waals surface area contributed by atoms with Gasteiger partial charge >= 0.3 is 6.18 Å². The number of benzene rings is 1. The number of carbonyl (C=O) groups is 2. The minimum absolute atomic E-state index is 0.0575. The second kappa shape index (κ2) is 11.9. The van der Waals surface area contributed by atoms with Crippen molar-refractivity contribution in [2.45, 2.75) is 39.5 Å². The van der Waals surface area contributed by atoms with Crippen molar-refractivity contribution in [2.24, 2.45) is 5.92 Å². The van der Waals surface area contributed by atoms with Crippen molar-refractivity contribution in [3.05, 3.63) is 105 Å². The number of halogens is 4. The van der Waals surface area contributed by atoms with Crippen LogP contribution in [-0.4, -0.2) is 31.6 Å². The highest BCUT2D eigenvalue weighted by atomic mass is 79.9. The van der Waals surface area contributed by atoms with Crippen molar-refractivity contribution in [1.82, 2.24) is 25.1 Å². The molecule has 4 aromatic rings. The lowest BCUT2D eigenvalue weighted by atomic mass is 9.96. The number of anilines is 1. The minimum atomic E-state index is -4.72. The molecule has 0 spiro atoms. The maximum atomic E-state index is 13.5. The lowest BCUT2D eigenvalue weighted by molar-refractivity contribution is -0.141. The number of alkyl halides is 3. The van der Waals surface area contributed by atoms with Gasteiger partial charge in [-0.05, 0) is 62.2 Å². The summed E-state index contributed by atoms with van der Waals surface area (Å²) in [4.78, 5) is 33.8. The number of hydrogen-bond donors (Lipinski definition) is 2. The van der Waals surface area contributed by atoms with Gasteiger partial charge in [-0.1, -0.05) is 40.2 Å². The van der Waals surface area contributed by atoms with E-state index < -0.39 is 17.8 Å². The molecule has 2 amide bonds. The number of pyridine rings is 2. The number of nitrogens with zero attached hydrogens (tertiary/aromatic N) is 4. The van der Waals surface area contributed by atoms with Crippen LogP contribution >= 0.6 is 15.9 Å². The fourth-order valence-electron chi connectivity index (χ4n) is 4.70. The molecule has 3 heterocycles. The van der Waals surface area contributed by atoms with E-state index in [-0.39, 0.29) is 28.3 Å². The molecule has 5 rings (SSSR count). The van der Waals surface area contributed by atoms with Crippen molar-refractivity contribution in [2.75, 3.05) is 5.32 Å². The van der Waals surface area contributed by atoms with Crippen LogP contribution in [0.1, 0.15) is 39.6 Å². The summed E-state index contributed by atoms with van der Waals surface area (Å²) in [6, 6.07) is 10.9. The average Bonchev–Trinajstić information content (AvgIpc) is 3.22. The Bertz CT molecular complexity index is 1730. The van der Waals surface area contributed by atoms with Crippen LogP contribution in [0, 0.1) is 19.8 Å². The first-order valence-corrected chi connectivity index (χ1v) is 13.9. The molecule has 1 aromatic carbocycles. The van der Waals surface area contributed by atoms with Gasteiger partial charge in [0, 0.05) is 16.1 Å². The van der Waals surface area contributed by atoms with E-state index in [1.54, 1.807) is 36.9 Å². The summed E-state index contributed by atoms with van der Waals surface area (Å²) in [6.45, 7) is 4.24. The molecule has 8 nitrogen and oxygen atoms in total. The fourth-order valence-corrected chi connectivity index (χ4v) is 5.07.